The standard InChI is InChI=1S/C7H5N3O2/c11-5-3-1-2-4-6(7(5)12)9-10-8-4/h1-3H,(H,11,12)(H,8,9,10). The molecule has 2 rings (SSSR count). The maximum absolute atomic E-state index is 11.2. The van der Waals surface area contributed by atoms with Gasteiger partial charge < -0.3 is 5.11 Å². The molecule has 1 aromatic carbocycles. The summed E-state index contributed by atoms with van der Waals surface area (Å²) in [5.41, 5.74) is 0.0848. The Bertz CT molecular complexity index is 477. The number of aromatic amines is 1. The molecule has 2 N–H and O–H groups in total. The molecule has 2 aromatic rings. The fraction of sp³-hybridized carbons (Fsp3) is 0. The van der Waals surface area contributed by atoms with Gasteiger partial charge in [0.15, 0.2) is 11.3 Å². The molecule has 12 heavy (non-hydrogen) atoms. The van der Waals surface area contributed by atoms with Gasteiger partial charge in [-0.3, -0.25) is 4.79 Å². The van der Waals surface area contributed by atoms with Gasteiger partial charge in [-0.1, -0.05) is 6.07 Å². The van der Waals surface area contributed by atoms with Gasteiger partial charge in [0.05, 0.1) is 0 Å². The lowest BCUT2D eigenvalue weighted by atomic mass is 10.4. The Morgan fingerprint density at radius 1 is 1.33 bits per heavy atom. The average molecular weight is 163 g/mol. The zero-order valence-electron chi connectivity index (χ0n) is 5.98. The molecule has 0 fully saturated rings. The van der Waals surface area contributed by atoms with Crippen LogP contribution in [0.1, 0.15) is 0 Å². The zero-order valence-corrected chi connectivity index (χ0v) is 5.98. The summed E-state index contributed by atoms with van der Waals surface area (Å²) in [5.74, 6) is -0.320. The van der Waals surface area contributed by atoms with Gasteiger partial charge in [0.25, 0.3) is 0 Å². The third-order valence-corrected chi connectivity index (χ3v) is 1.53. The molecule has 0 bridgehead atoms. The largest absolute Gasteiger partial charge is 0.504 e. The SMILES string of the molecule is O=c1c(O)cccc2n[nH]nc12. The Morgan fingerprint density at radius 2 is 2.17 bits per heavy atom. The Morgan fingerprint density at radius 3 is 3.00 bits per heavy atom. The van der Waals surface area contributed by atoms with Crippen molar-refractivity contribution in [3.8, 4) is 5.75 Å². The van der Waals surface area contributed by atoms with E-state index in [4.69, 9.17) is 5.11 Å². The second-order valence-electron chi connectivity index (χ2n) is 2.30. The summed E-state index contributed by atoms with van der Waals surface area (Å²) in [6.45, 7) is 0. The molecule has 0 amide bonds. The number of nitrogens with one attached hydrogen (secondary N) is 1. The van der Waals surface area contributed by atoms with Gasteiger partial charge in [-0.25, -0.2) is 0 Å². The van der Waals surface area contributed by atoms with Gasteiger partial charge in [-0.05, 0) is 12.1 Å². The highest BCUT2D eigenvalue weighted by Crippen LogP contribution is 2.04. The number of fused-ring (bicyclic) bond motifs is 1. The molecule has 0 aliphatic rings. The van der Waals surface area contributed by atoms with Crippen molar-refractivity contribution >= 4 is 11.0 Å². The second-order valence-corrected chi connectivity index (χ2v) is 2.30. The van der Waals surface area contributed by atoms with E-state index in [2.05, 4.69) is 15.4 Å². The maximum Gasteiger partial charge on any atom is 0.249 e. The minimum absolute atomic E-state index is 0.150. The normalized spacial score (nSPS) is 10.3. The van der Waals surface area contributed by atoms with Crippen molar-refractivity contribution in [1.29, 1.82) is 0 Å². The first-order valence-electron chi connectivity index (χ1n) is 3.32. The summed E-state index contributed by atoms with van der Waals surface area (Å²) in [6.07, 6.45) is 0. The number of aromatic hydroxyl groups is 1. The summed E-state index contributed by atoms with van der Waals surface area (Å²) >= 11 is 0. The second kappa shape index (κ2) is 2.30. The predicted octanol–water partition coefficient (Wildman–Crippen LogP) is 0.0237. The summed E-state index contributed by atoms with van der Waals surface area (Å²) in [7, 11) is 0. The van der Waals surface area contributed by atoms with Crippen LogP contribution < -0.4 is 5.43 Å². The van der Waals surface area contributed by atoms with Crippen molar-refractivity contribution in [2.24, 2.45) is 0 Å². The van der Waals surface area contributed by atoms with Crippen molar-refractivity contribution in [2.75, 3.05) is 0 Å². The van der Waals surface area contributed by atoms with Crippen LogP contribution in [0.4, 0.5) is 0 Å². The Balaban J connectivity index is 3.08. The van der Waals surface area contributed by atoms with Crippen LogP contribution in [-0.2, 0) is 0 Å². The number of hydrogen-bond donors (Lipinski definition) is 2. The number of hydrogen-bond acceptors (Lipinski definition) is 4. The molecule has 60 valence electrons. The lowest BCUT2D eigenvalue weighted by Crippen LogP contribution is -1.96. The first kappa shape index (κ1) is 6.78. The number of aromatic nitrogens is 3. The highest BCUT2D eigenvalue weighted by molar-refractivity contribution is 5.73. The Kier molecular flexibility index (Phi) is 1.30. The number of H-pyrrole nitrogens is 1. The highest BCUT2D eigenvalue weighted by Gasteiger charge is 2.02. The fourth-order valence-corrected chi connectivity index (χ4v) is 0.950. The van der Waals surface area contributed by atoms with E-state index in [1.807, 2.05) is 0 Å². The van der Waals surface area contributed by atoms with Crippen LogP contribution in [0.15, 0.2) is 23.0 Å². The van der Waals surface area contributed by atoms with Crippen LogP contribution in [0.3, 0.4) is 0 Å². The molecule has 0 radical (unpaired) electrons. The topological polar surface area (TPSA) is 78.9 Å². The van der Waals surface area contributed by atoms with E-state index in [0.29, 0.717) is 5.52 Å². The molecule has 0 spiro atoms. The first-order chi connectivity index (χ1) is 5.79. The quantitative estimate of drug-likeness (QED) is 0.574. The van der Waals surface area contributed by atoms with Crippen molar-refractivity contribution in [3.05, 3.63) is 28.4 Å². The third-order valence-electron chi connectivity index (χ3n) is 1.53. The van der Waals surface area contributed by atoms with Crippen molar-refractivity contribution in [1.82, 2.24) is 15.4 Å². The Hall–Kier alpha value is -1.91. The van der Waals surface area contributed by atoms with Gasteiger partial charge in [0, 0.05) is 0 Å². The zero-order chi connectivity index (χ0) is 8.55. The molecule has 5 nitrogen and oxygen atoms in total. The van der Waals surface area contributed by atoms with Crippen molar-refractivity contribution < 1.29 is 5.11 Å². The van der Waals surface area contributed by atoms with E-state index in [0.717, 1.165) is 0 Å². The Labute approximate surface area is 66.7 Å². The molecule has 0 aliphatic carbocycles. The van der Waals surface area contributed by atoms with E-state index in [1.165, 1.54) is 6.07 Å². The van der Waals surface area contributed by atoms with Crippen LogP contribution in [0.5, 0.6) is 5.75 Å². The predicted molar refractivity (Wildman–Crippen MR) is 41.8 cm³/mol. The van der Waals surface area contributed by atoms with Gasteiger partial charge >= 0.3 is 0 Å². The summed E-state index contributed by atoms with van der Waals surface area (Å²) < 4.78 is 0. The van der Waals surface area contributed by atoms with Crippen LogP contribution in [0.25, 0.3) is 11.0 Å². The lowest BCUT2D eigenvalue weighted by molar-refractivity contribution is 0.471. The van der Waals surface area contributed by atoms with Crippen molar-refractivity contribution in [3.63, 3.8) is 0 Å². The molecule has 1 aromatic heterocycles. The molecule has 0 aliphatic heterocycles. The van der Waals surface area contributed by atoms with Crippen LogP contribution in [0.2, 0.25) is 0 Å². The number of nitrogens with zero attached hydrogens (tertiary/aromatic N) is 2. The van der Waals surface area contributed by atoms with Crippen LogP contribution >= 0.6 is 0 Å². The minimum atomic E-state index is -0.510. The van der Waals surface area contributed by atoms with E-state index in [9.17, 15) is 4.79 Å². The van der Waals surface area contributed by atoms with E-state index in [1.54, 1.807) is 12.1 Å². The van der Waals surface area contributed by atoms with E-state index >= 15 is 0 Å². The van der Waals surface area contributed by atoms with Gasteiger partial charge in [-0.2, -0.15) is 15.4 Å². The van der Waals surface area contributed by atoms with Crippen LogP contribution in [-0.4, -0.2) is 20.5 Å². The minimum Gasteiger partial charge on any atom is -0.504 e. The van der Waals surface area contributed by atoms with Gasteiger partial charge in [0.1, 0.15) is 5.52 Å². The number of rotatable bonds is 0. The van der Waals surface area contributed by atoms with E-state index < -0.39 is 5.43 Å². The van der Waals surface area contributed by atoms with E-state index in [-0.39, 0.29) is 11.3 Å². The maximum atomic E-state index is 11.2. The molecule has 1 heterocycles. The monoisotopic (exact) mass is 163 g/mol. The molecular formula is C7H5N3O2. The first-order valence-corrected chi connectivity index (χ1v) is 3.32. The van der Waals surface area contributed by atoms with Crippen molar-refractivity contribution in [2.45, 2.75) is 0 Å². The van der Waals surface area contributed by atoms with Crippen LogP contribution in [0, 0.1) is 0 Å². The van der Waals surface area contributed by atoms with Gasteiger partial charge in [-0.15, -0.1) is 0 Å². The summed E-state index contributed by atoms with van der Waals surface area (Å²) in [6, 6.07) is 4.45. The summed E-state index contributed by atoms with van der Waals surface area (Å²) in [4.78, 5) is 11.2. The highest BCUT2D eigenvalue weighted by atomic mass is 16.3. The molecular weight excluding hydrogens is 158 g/mol. The molecule has 0 saturated heterocycles. The smallest absolute Gasteiger partial charge is 0.249 e. The third kappa shape index (κ3) is 0.833. The fourth-order valence-electron chi connectivity index (χ4n) is 0.950. The summed E-state index contributed by atoms with van der Waals surface area (Å²) in [5, 5.41) is 18.7. The molecule has 0 atom stereocenters. The molecule has 0 saturated carbocycles. The molecule has 0 unspecified atom stereocenters. The lowest BCUT2D eigenvalue weighted by Gasteiger charge is -1.77. The van der Waals surface area contributed by atoms with Gasteiger partial charge in [0.2, 0.25) is 5.43 Å². The molecule has 5 heteroatoms. The average Bonchev–Trinajstić information content (AvgIpc) is 2.46.